The predicted molar refractivity (Wildman–Crippen MR) is 66.5 cm³/mol. The number of fused-ring (bicyclic) bond motifs is 2. The minimum atomic E-state index is -2.16. The first-order valence-corrected chi connectivity index (χ1v) is 7.31. The minimum absolute atomic E-state index is 0.215. The molecule has 0 amide bonds. The highest BCUT2D eigenvalue weighted by atomic mass is 28.4. The van der Waals surface area contributed by atoms with E-state index in [9.17, 15) is 0 Å². The van der Waals surface area contributed by atoms with Gasteiger partial charge >= 0.3 is 0 Å². The molecule has 0 aromatic carbocycles. The van der Waals surface area contributed by atoms with Crippen LogP contribution in [0.4, 0.5) is 0 Å². The number of hydrogen-bond acceptors (Lipinski definition) is 1. The third-order valence-electron chi connectivity index (χ3n) is 3.13. The fourth-order valence-electron chi connectivity index (χ4n) is 2.15. The van der Waals surface area contributed by atoms with Crippen molar-refractivity contribution in [1.29, 1.82) is 0 Å². The van der Waals surface area contributed by atoms with Crippen molar-refractivity contribution in [3.63, 3.8) is 0 Å². The van der Waals surface area contributed by atoms with Crippen LogP contribution in [-0.4, -0.2) is 13.9 Å². The highest BCUT2D eigenvalue weighted by Gasteiger charge is 2.42. The smallest absolute Gasteiger partial charge is 0.266 e. The third kappa shape index (κ3) is 1.60. The molecule has 0 N–H and O–H groups in total. The van der Waals surface area contributed by atoms with Gasteiger partial charge in [-0.15, -0.1) is 19.7 Å². The van der Waals surface area contributed by atoms with E-state index in [1.807, 2.05) is 17.1 Å². The van der Waals surface area contributed by atoms with Gasteiger partial charge < -0.3 is 4.43 Å². The van der Waals surface area contributed by atoms with Gasteiger partial charge in [0.1, 0.15) is 0 Å². The SMILES string of the molecule is C=C[Si](C=C)(C=C)OC12C=CC(C=C1)C2. The Balaban J connectivity index is 2.23. The first kappa shape index (κ1) is 10.4. The second-order valence-corrected chi connectivity index (χ2v) is 7.25. The number of hydrogen-bond donors (Lipinski definition) is 0. The summed E-state index contributed by atoms with van der Waals surface area (Å²) in [7, 11) is -2.16. The molecule has 0 radical (unpaired) electrons. The molecule has 78 valence electrons. The second kappa shape index (κ2) is 3.47. The van der Waals surface area contributed by atoms with E-state index >= 15 is 0 Å². The molecule has 0 atom stereocenters. The predicted octanol–water partition coefficient (Wildman–Crippen LogP) is 3.01. The van der Waals surface area contributed by atoms with Crippen LogP contribution in [0.3, 0.4) is 0 Å². The normalized spacial score (nSPS) is 31.9. The maximum Gasteiger partial charge on any atom is 0.266 e. The van der Waals surface area contributed by atoms with Gasteiger partial charge in [0, 0.05) is 0 Å². The highest BCUT2D eigenvalue weighted by molar-refractivity contribution is 6.87. The summed E-state index contributed by atoms with van der Waals surface area (Å²) in [5.74, 6) is 0.552. The molecule has 1 nitrogen and oxygen atoms in total. The van der Waals surface area contributed by atoms with E-state index in [4.69, 9.17) is 4.43 Å². The van der Waals surface area contributed by atoms with Crippen molar-refractivity contribution < 1.29 is 4.43 Å². The van der Waals surface area contributed by atoms with Crippen LogP contribution in [0.15, 0.2) is 61.1 Å². The standard InChI is InChI=1S/C13H16OSi/c1-4-15(5-2,6-3)14-13-9-7-12(11-13)8-10-13/h4-10,12H,1-3,11H2. The van der Waals surface area contributed by atoms with Crippen LogP contribution in [0.5, 0.6) is 0 Å². The van der Waals surface area contributed by atoms with Gasteiger partial charge in [0.25, 0.3) is 8.32 Å². The molecule has 2 heteroatoms. The number of allylic oxidation sites excluding steroid dienone is 2. The summed E-state index contributed by atoms with van der Waals surface area (Å²) in [6, 6.07) is 0. The van der Waals surface area contributed by atoms with Gasteiger partial charge in [-0.2, -0.15) is 0 Å². The molecule has 0 aromatic rings. The van der Waals surface area contributed by atoms with Gasteiger partial charge in [0.2, 0.25) is 0 Å². The summed E-state index contributed by atoms with van der Waals surface area (Å²) in [4.78, 5) is 0. The van der Waals surface area contributed by atoms with E-state index in [-0.39, 0.29) is 5.60 Å². The second-order valence-electron chi connectivity index (χ2n) is 4.11. The molecule has 2 aliphatic rings. The monoisotopic (exact) mass is 216 g/mol. The first-order valence-electron chi connectivity index (χ1n) is 5.17. The molecular formula is C13H16OSi. The van der Waals surface area contributed by atoms with E-state index in [0.717, 1.165) is 6.42 Å². The van der Waals surface area contributed by atoms with Crippen LogP contribution >= 0.6 is 0 Å². The van der Waals surface area contributed by atoms with E-state index in [0.29, 0.717) is 5.92 Å². The Bertz CT molecular complexity index is 329. The molecule has 0 aromatic heterocycles. The van der Waals surface area contributed by atoms with E-state index in [2.05, 4.69) is 44.0 Å². The van der Waals surface area contributed by atoms with Gasteiger partial charge in [-0.05, 0) is 12.3 Å². The Labute approximate surface area is 92.3 Å². The van der Waals surface area contributed by atoms with Crippen molar-refractivity contribution in [2.75, 3.05) is 0 Å². The molecule has 0 saturated carbocycles. The maximum atomic E-state index is 6.24. The first-order chi connectivity index (χ1) is 7.17. The average Bonchev–Trinajstić information content (AvgIpc) is 2.86. The fraction of sp³-hybridized carbons (Fsp3) is 0.231. The van der Waals surface area contributed by atoms with Crippen LogP contribution < -0.4 is 0 Å². The van der Waals surface area contributed by atoms with Gasteiger partial charge in [-0.1, -0.05) is 41.4 Å². The van der Waals surface area contributed by atoms with Crippen molar-refractivity contribution in [2.24, 2.45) is 5.92 Å². The van der Waals surface area contributed by atoms with E-state index in [1.165, 1.54) is 0 Å². The summed E-state index contributed by atoms with van der Waals surface area (Å²) in [5.41, 5.74) is 5.40. The largest absolute Gasteiger partial charge is 0.393 e. The van der Waals surface area contributed by atoms with Crippen molar-refractivity contribution in [1.82, 2.24) is 0 Å². The summed E-state index contributed by atoms with van der Waals surface area (Å²) in [6.07, 6.45) is 9.73. The molecule has 0 unspecified atom stereocenters. The van der Waals surface area contributed by atoms with Crippen LogP contribution in [-0.2, 0) is 4.43 Å². The zero-order valence-electron chi connectivity index (χ0n) is 8.86. The van der Waals surface area contributed by atoms with Crippen LogP contribution in [0.1, 0.15) is 6.42 Å². The molecule has 0 saturated heterocycles. The minimum Gasteiger partial charge on any atom is -0.393 e. The molecule has 2 aliphatic carbocycles. The zero-order chi connectivity index (χ0) is 10.9. The van der Waals surface area contributed by atoms with Crippen molar-refractivity contribution >= 4 is 8.32 Å². The number of rotatable bonds is 5. The molecule has 0 spiro atoms. The van der Waals surface area contributed by atoms with Gasteiger partial charge in [-0.3, -0.25) is 0 Å². The van der Waals surface area contributed by atoms with Crippen molar-refractivity contribution in [3.8, 4) is 0 Å². The zero-order valence-corrected chi connectivity index (χ0v) is 9.86. The summed E-state index contributed by atoms with van der Waals surface area (Å²) in [6.45, 7) is 11.5. The average molecular weight is 216 g/mol. The Morgan fingerprint density at radius 1 is 1.13 bits per heavy atom. The van der Waals surface area contributed by atoms with Crippen molar-refractivity contribution in [2.45, 2.75) is 12.0 Å². The third-order valence-corrected chi connectivity index (χ3v) is 5.78. The molecule has 2 rings (SSSR count). The van der Waals surface area contributed by atoms with E-state index < -0.39 is 8.32 Å². The Hall–Kier alpha value is -1.12. The molecule has 0 heterocycles. The van der Waals surface area contributed by atoms with Gasteiger partial charge in [0.15, 0.2) is 0 Å². The lowest BCUT2D eigenvalue weighted by molar-refractivity contribution is 0.172. The maximum absolute atomic E-state index is 6.24. The topological polar surface area (TPSA) is 9.23 Å². The van der Waals surface area contributed by atoms with Crippen LogP contribution in [0, 0.1) is 5.92 Å². The molecule has 2 bridgehead atoms. The lowest BCUT2D eigenvalue weighted by atomic mass is 10.1. The Morgan fingerprint density at radius 3 is 2.00 bits per heavy atom. The Kier molecular flexibility index (Phi) is 2.41. The van der Waals surface area contributed by atoms with E-state index in [1.54, 1.807) is 0 Å². The Morgan fingerprint density at radius 2 is 1.67 bits per heavy atom. The molecule has 15 heavy (non-hydrogen) atoms. The summed E-state index contributed by atoms with van der Waals surface area (Å²) < 4.78 is 6.24. The quantitative estimate of drug-likeness (QED) is 0.507. The molecule has 0 fully saturated rings. The van der Waals surface area contributed by atoms with Gasteiger partial charge in [0.05, 0.1) is 5.60 Å². The summed E-state index contributed by atoms with van der Waals surface area (Å²) >= 11 is 0. The summed E-state index contributed by atoms with van der Waals surface area (Å²) in [5, 5.41) is 0. The van der Waals surface area contributed by atoms with Crippen molar-refractivity contribution in [3.05, 3.63) is 61.1 Å². The molecular weight excluding hydrogens is 200 g/mol. The fourth-order valence-corrected chi connectivity index (χ4v) is 3.77. The van der Waals surface area contributed by atoms with Gasteiger partial charge in [-0.25, -0.2) is 0 Å². The van der Waals surface area contributed by atoms with Crippen LogP contribution in [0.2, 0.25) is 0 Å². The lowest BCUT2D eigenvalue weighted by Gasteiger charge is -2.32. The lowest BCUT2D eigenvalue weighted by Crippen LogP contribution is -2.41. The molecule has 0 aliphatic heterocycles. The highest BCUT2D eigenvalue weighted by Crippen LogP contribution is 2.41. The van der Waals surface area contributed by atoms with Crippen LogP contribution in [0.25, 0.3) is 0 Å².